The fourth-order valence-electron chi connectivity index (χ4n) is 3.70. The number of benzene rings is 1. The van der Waals surface area contributed by atoms with Crippen molar-refractivity contribution < 1.29 is 34.1 Å². The molecule has 0 atom stereocenters. The van der Waals surface area contributed by atoms with Gasteiger partial charge in [-0.1, -0.05) is 18.2 Å². The summed E-state index contributed by atoms with van der Waals surface area (Å²) >= 11 is 0. The average Bonchev–Trinajstić information content (AvgIpc) is 3.18. The number of likely N-dealkylation sites (N-methyl/N-ethyl adjacent to an activating group) is 1. The van der Waals surface area contributed by atoms with Crippen LogP contribution in [-0.4, -0.2) is 48.3 Å². The van der Waals surface area contributed by atoms with Gasteiger partial charge in [-0.25, -0.2) is 9.59 Å². The molecular weight excluding hydrogens is 330 g/mol. The second kappa shape index (κ2) is 4.85. The molecule has 0 spiro atoms. The fourth-order valence-corrected chi connectivity index (χ4v) is 3.70. The van der Waals surface area contributed by atoms with Crippen LogP contribution in [0.4, 0.5) is 5.69 Å². The number of ether oxygens (including phenoxy) is 2. The van der Waals surface area contributed by atoms with Gasteiger partial charge in [0.25, 0.3) is 0 Å². The van der Waals surface area contributed by atoms with Crippen LogP contribution < -0.4 is 4.90 Å². The highest BCUT2D eigenvalue weighted by Crippen LogP contribution is 2.53. The van der Waals surface area contributed by atoms with Crippen molar-refractivity contribution in [2.75, 3.05) is 25.2 Å². The number of anilines is 1. The fraction of sp³-hybridized carbons (Fsp3) is 0.235. The number of aliphatic hydroxyl groups excluding tert-OH is 2. The van der Waals surface area contributed by atoms with Gasteiger partial charge in [0, 0.05) is 18.3 Å². The Kier molecular flexibility index (Phi) is 2.96. The van der Waals surface area contributed by atoms with E-state index in [-0.39, 0.29) is 11.1 Å². The number of hydrogen-bond donors (Lipinski definition) is 2. The molecule has 3 aliphatic rings. The number of nitrogens with zero attached hydrogens (tertiary/aromatic N) is 1. The van der Waals surface area contributed by atoms with Crippen LogP contribution in [0.25, 0.3) is 0 Å². The van der Waals surface area contributed by atoms with Gasteiger partial charge in [0.2, 0.25) is 5.91 Å². The van der Waals surface area contributed by atoms with E-state index in [2.05, 4.69) is 0 Å². The maximum Gasteiger partial charge on any atom is 0.339 e. The lowest BCUT2D eigenvalue weighted by Gasteiger charge is -2.28. The molecule has 1 aromatic carbocycles. The van der Waals surface area contributed by atoms with Gasteiger partial charge in [-0.3, -0.25) is 4.79 Å². The SMILES string of the molecule is CN1C(=O)C(C2=C(O)COC2=O)(C2=C(O)COC2=O)c2ccccc21. The largest absolute Gasteiger partial charge is 0.508 e. The monoisotopic (exact) mass is 343 g/mol. The summed E-state index contributed by atoms with van der Waals surface area (Å²) in [6.07, 6.45) is 0. The number of aliphatic hydroxyl groups is 2. The lowest BCUT2D eigenvalue weighted by atomic mass is 9.68. The second-order valence-electron chi connectivity index (χ2n) is 5.93. The lowest BCUT2D eigenvalue weighted by Crippen LogP contribution is -2.45. The van der Waals surface area contributed by atoms with E-state index in [1.807, 2.05) is 0 Å². The second-order valence-corrected chi connectivity index (χ2v) is 5.93. The van der Waals surface area contributed by atoms with E-state index in [1.54, 1.807) is 24.3 Å². The van der Waals surface area contributed by atoms with E-state index >= 15 is 0 Å². The van der Waals surface area contributed by atoms with E-state index in [9.17, 15) is 24.6 Å². The molecule has 0 aliphatic carbocycles. The van der Waals surface area contributed by atoms with Gasteiger partial charge in [-0.2, -0.15) is 0 Å². The summed E-state index contributed by atoms with van der Waals surface area (Å²) in [5, 5.41) is 20.5. The Hall–Kier alpha value is -3.29. The molecule has 8 nitrogen and oxygen atoms in total. The molecule has 0 saturated carbocycles. The highest BCUT2D eigenvalue weighted by Gasteiger charge is 2.63. The zero-order chi connectivity index (χ0) is 17.9. The summed E-state index contributed by atoms with van der Waals surface area (Å²) in [5.41, 5.74) is -1.99. The number of carbonyl (C=O) groups excluding carboxylic acids is 3. The summed E-state index contributed by atoms with van der Waals surface area (Å²) in [7, 11) is 1.48. The Morgan fingerprint density at radius 2 is 1.48 bits per heavy atom. The van der Waals surface area contributed by atoms with Crippen LogP contribution in [0.2, 0.25) is 0 Å². The van der Waals surface area contributed by atoms with E-state index in [0.29, 0.717) is 11.3 Å². The van der Waals surface area contributed by atoms with Crippen LogP contribution in [0, 0.1) is 0 Å². The van der Waals surface area contributed by atoms with Gasteiger partial charge >= 0.3 is 11.9 Å². The Bertz CT molecular complexity index is 871. The highest BCUT2D eigenvalue weighted by molar-refractivity contribution is 6.22. The average molecular weight is 343 g/mol. The Morgan fingerprint density at radius 1 is 0.960 bits per heavy atom. The minimum Gasteiger partial charge on any atom is -0.508 e. The Balaban J connectivity index is 2.15. The topological polar surface area (TPSA) is 113 Å². The number of fused-ring (bicyclic) bond motifs is 1. The van der Waals surface area contributed by atoms with Crippen molar-refractivity contribution in [1.29, 1.82) is 0 Å². The minimum absolute atomic E-state index is 0.295. The number of para-hydroxylation sites is 1. The first-order chi connectivity index (χ1) is 11.9. The zero-order valence-electron chi connectivity index (χ0n) is 13.1. The molecule has 4 rings (SSSR count). The molecule has 8 heteroatoms. The van der Waals surface area contributed by atoms with Crippen LogP contribution >= 0.6 is 0 Å². The molecule has 2 N–H and O–H groups in total. The van der Waals surface area contributed by atoms with E-state index in [0.717, 1.165) is 0 Å². The molecule has 3 heterocycles. The van der Waals surface area contributed by atoms with Crippen molar-refractivity contribution in [3.8, 4) is 0 Å². The minimum atomic E-state index is -2.00. The first-order valence-corrected chi connectivity index (χ1v) is 7.47. The number of hydrogen-bond acceptors (Lipinski definition) is 7. The summed E-state index contributed by atoms with van der Waals surface area (Å²) in [4.78, 5) is 39.2. The highest BCUT2D eigenvalue weighted by atomic mass is 16.6. The summed E-state index contributed by atoms with van der Waals surface area (Å²) in [5.74, 6) is -3.41. The molecule has 3 aliphatic heterocycles. The lowest BCUT2D eigenvalue weighted by molar-refractivity contribution is -0.139. The van der Waals surface area contributed by atoms with Crippen molar-refractivity contribution in [1.82, 2.24) is 0 Å². The van der Waals surface area contributed by atoms with Gasteiger partial charge in [0.1, 0.15) is 41.3 Å². The van der Waals surface area contributed by atoms with Crippen molar-refractivity contribution in [2.45, 2.75) is 5.41 Å². The summed E-state index contributed by atoms with van der Waals surface area (Å²) < 4.78 is 9.71. The van der Waals surface area contributed by atoms with Gasteiger partial charge in [-0.05, 0) is 6.07 Å². The van der Waals surface area contributed by atoms with Crippen LogP contribution in [0.1, 0.15) is 5.56 Å². The standard InChI is InChI=1S/C17H13NO7/c1-18-9-5-3-2-4-8(9)17(16(18)23,12-10(19)6-24-14(12)21)13-11(20)7-25-15(13)22/h2-5,19-20H,6-7H2,1H3. The Labute approximate surface area is 141 Å². The number of cyclic esters (lactones) is 2. The normalized spacial score (nSPS) is 21.8. The summed E-state index contributed by atoms with van der Waals surface area (Å²) in [6.45, 7) is -0.809. The van der Waals surface area contributed by atoms with E-state index < -0.39 is 48.0 Å². The first kappa shape index (κ1) is 15.3. The molecule has 1 aromatic rings. The van der Waals surface area contributed by atoms with Crippen LogP contribution in [-0.2, 0) is 29.3 Å². The zero-order valence-corrected chi connectivity index (χ0v) is 13.1. The molecular formula is C17H13NO7. The molecule has 1 amide bonds. The Morgan fingerprint density at radius 3 is 1.96 bits per heavy atom. The number of rotatable bonds is 2. The van der Waals surface area contributed by atoms with Gasteiger partial charge < -0.3 is 24.6 Å². The third kappa shape index (κ3) is 1.68. The first-order valence-electron chi connectivity index (χ1n) is 7.47. The molecule has 0 saturated heterocycles. The molecule has 0 fully saturated rings. The van der Waals surface area contributed by atoms with Gasteiger partial charge in [0.05, 0.1) is 0 Å². The molecule has 0 aromatic heterocycles. The molecule has 0 radical (unpaired) electrons. The maximum atomic E-state index is 13.3. The van der Waals surface area contributed by atoms with Crippen LogP contribution in [0.15, 0.2) is 46.9 Å². The maximum absolute atomic E-state index is 13.3. The summed E-state index contributed by atoms with van der Waals surface area (Å²) in [6, 6.07) is 6.54. The quantitative estimate of drug-likeness (QED) is 0.758. The third-order valence-electron chi connectivity index (χ3n) is 4.71. The van der Waals surface area contributed by atoms with E-state index in [4.69, 9.17) is 9.47 Å². The molecule has 0 bridgehead atoms. The number of amides is 1. The predicted molar refractivity (Wildman–Crippen MR) is 82.8 cm³/mol. The van der Waals surface area contributed by atoms with Crippen LogP contribution in [0.5, 0.6) is 0 Å². The molecule has 0 unspecified atom stereocenters. The smallest absolute Gasteiger partial charge is 0.339 e. The van der Waals surface area contributed by atoms with Crippen molar-refractivity contribution in [2.24, 2.45) is 0 Å². The van der Waals surface area contributed by atoms with Gasteiger partial charge in [-0.15, -0.1) is 0 Å². The third-order valence-corrected chi connectivity index (χ3v) is 4.71. The number of esters is 2. The van der Waals surface area contributed by atoms with Gasteiger partial charge in [0.15, 0.2) is 0 Å². The number of carbonyl (C=O) groups is 3. The molecule has 25 heavy (non-hydrogen) atoms. The van der Waals surface area contributed by atoms with E-state index in [1.165, 1.54) is 11.9 Å². The van der Waals surface area contributed by atoms with Crippen molar-refractivity contribution in [3.05, 3.63) is 52.5 Å². The molecule has 128 valence electrons. The van der Waals surface area contributed by atoms with Crippen molar-refractivity contribution >= 4 is 23.5 Å². The van der Waals surface area contributed by atoms with Crippen LogP contribution in [0.3, 0.4) is 0 Å². The predicted octanol–water partition coefficient (Wildman–Crippen LogP) is 0.639. The van der Waals surface area contributed by atoms with Crippen molar-refractivity contribution in [3.63, 3.8) is 0 Å².